The summed E-state index contributed by atoms with van der Waals surface area (Å²) in [4.78, 5) is 6.40. The molecule has 0 bridgehead atoms. The fraction of sp³-hybridized carbons (Fsp3) is 0.381. The first-order valence-electron chi connectivity index (χ1n) is 9.12. The van der Waals surface area contributed by atoms with Crippen molar-refractivity contribution in [2.45, 2.75) is 19.6 Å². The molecule has 0 amide bonds. The van der Waals surface area contributed by atoms with Crippen LogP contribution in [0.15, 0.2) is 47.5 Å². The number of aliphatic hydroxyl groups excluding tert-OH is 1. The Bertz CT molecular complexity index is 787. The number of rotatable bonds is 8. The molecule has 0 heterocycles. The van der Waals surface area contributed by atoms with Crippen molar-refractivity contribution >= 4 is 29.9 Å². The predicted molar refractivity (Wildman–Crippen MR) is 124 cm³/mol. The maximum atomic E-state index is 13.9. The highest BCUT2D eigenvalue weighted by Gasteiger charge is 2.12. The number of ether oxygens (including phenoxy) is 2. The molecular weight excluding hydrogens is 488 g/mol. The van der Waals surface area contributed by atoms with E-state index in [4.69, 9.17) is 9.47 Å². The number of aliphatic imine (C=N–C) groups is 1. The molecule has 29 heavy (non-hydrogen) atoms. The van der Waals surface area contributed by atoms with E-state index in [1.807, 2.05) is 37.1 Å². The topological polar surface area (TPSA) is 66.3 Å². The van der Waals surface area contributed by atoms with E-state index < -0.39 is 11.9 Å². The Morgan fingerprint density at radius 1 is 1.17 bits per heavy atom. The summed E-state index contributed by atoms with van der Waals surface area (Å²) in [5.41, 5.74) is 1.56. The second-order valence-corrected chi connectivity index (χ2v) is 6.31. The third-order valence-corrected chi connectivity index (χ3v) is 4.25. The van der Waals surface area contributed by atoms with Gasteiger partial charge in [0.1, 0.15) is 5.75 Å². The quantitative estimate of drug-likeness (QED) is 0.319. The summed E-state index contributed by atoms with van der Waals surface area (Å²) in [6.07, 6.45) is -0.730. The molecule has 2 aromatic rings. The van der Waals surface area contributed by atoms with Gasteiger partial charge in [-0.05, 0) is 42.3 Å². The second kappa shape index (κ2) is 12.5. The lowest BCUT2D eigenvalue weighted by molar-refractivity contribution is 0.186. The number of halogens is 2. The predicted octanol–water partition coefficient (Wildman–Crippen LogP) is 3.59. The molecule has 0 aliphatic heterocycles. The number of methoxy groups -OCH3 is 2. The van der Waals surface area contributed by atoms with Gasteiger partial charge in [0.15, 0.2) is 17.5 Å². The minimum absolute atomic E-state index is 0. The summed E-state index contributed by atoms with van der Waals surface area (Å²) in [6.45, 7) is 3.32. The van der Waals surface area contributed by atoms with Crippen molar-refractivity contribution in [3.05, 3.63) is 59.4 Å². The van der Waals surface area contributed by atoms with Crippen LogP contribution in [0, 0.1) is 5.82 Å². The molecule has 0 fully saturated rings. The summed E-state index contributed by atoms with van der Waals surface area (Å²) >= 11 is 0. The first kappa shape index (κ1) is 25.0. The van der Waals surface area contributed by atoms with Crippen molar-refractivity contribution in [3.63, 3.8) is 0 Å². The Morgan fingerprint density at radius 3 is 2.41 bits per heavy atom. The third kappa shape index (κ3) is 7.36. The van der Waals surface area contributed by atoms with E-state index in [1.165, 1.54) is 13.2 Å². The summed E-state index contributed by atoms with van der Waals surface area (Å²) in [7, 11) is 4.90. The number of hydrogen-bond donors (Lipinski definition) is 2. The number of nitrogens with zero attached hydrogens (tertiary/aromatic N) is 2. The van der Waals surface area contributed by atoms with E-state index in [0.29, 0.717) is 19.0 Å². The summed E-state index contributed by atoms with van der Waals surface area (Å²) < 4.78 is 24.0. The van der Waals surface area contributed by atoms with Crippen LogP contribution in [0.5, 0.6) is 11.5 Å². The van der Waals surface area contributed by atoms with E-state index >= 15 is 0 Å². The van der Waals surface area contributed by atoms with E-state index in [1.54, 1.807) is 25.3 Å². The molecule has 1 unspecified atom stereocenters. The van der Waals surface area contributed by atoms with Crippen LogP contribution in [0.4, 0.5) is 4.39 Å². The largest absolute Gasteiger partial charge is 0.497 e. The van der Waals surface area contributed by atoms with Gasteiger partial charge in [-0.25, -0.2) is 4.39 Å². The van der Waals surface area contributed by atoms with Gasteiger partial charge in [0, 0.05) is 20.1 Å². The average Bonchev–Trinajstić information content (AvgIpc) is 2.71. The van der Waals surface area contributed by atoms with Crippen LogP contribution in [-0.2, 0) is 6.54 Å². The molecule has 1 atom stereocenters. The third-order valence-electron chi connectivity index (χ3n) is 4.25. The molecule has 0 saturated heterocycles. The van der Waals surface area contributed by atoms with Gasteiger partial charge in [-0.1, -0.05) is 18.2 Å². The van der Waals surface area contributed by atoms with Crippen molar-refractivity contribution in [2.24, 2.45) is 4.99 Å². The Hall–Kier alpha value is -2.07. The van der Waals surface area contributed by atoms with Gasteiger partial charge in [-0.2, -0.15) is 0 Å². The minimum atomic E-state index is -0.730. The van der Waals surface area contributed by atoms with Gasteiger partial charge in [-0.3, -0.25) is 4.99 Å². The smallest absolute Gasteiger partial charge is 0.194 e. The van der Waals surface area contributed by atoms with Crippen LogP contribution in [0.25, 0.3) is 0 Å². The lowest BCUT2D eigenvalue weighted by atomic mass is 10.1. The first-order chi connectivity index (χ1) is 13.5. The molecule has 6 nitrogen and oxygen atoms in total. The number of aliphatic hydroxyl groups is 1. The lowest BCUT2D eigenvalue weighted by Crippen LogP contribution is -2.38. The number of benzene rings is 2. The van der Waals surface area contributed by atoms with Gasteiger partial charge in [-0.15, -0.1) is 24.0 Å². The molecule has 160 valence electrons. The normalized spacial score (nSPS) is 12.0. The van der Waals surface area contributed by atoms with Crippen LogP contribution in [0.2, 0.25) is 0 Å². The molecule has 0 radical (unpaired) electrons. The second-order valence-electron chi connectivity index (χ2n) is 6.31. The number of guanidine groups is 1. The monoisotopic (exact) mass is 517 g/mol. The highest BCUT2D eigenvalue weighted by Crippen LogP contribution is 2.19. The maximum absolute atomic E-state index is 13.9. The standard InChI is InChI=1S/C21H28FN3O3.HI/c1-5-23-21(24-13-19(26)16-7-9-17(27-3)10-8-16)25(2)14-15-6-11-20(28-4)18(22)12-15;/h6-12,19,26H,5,13-14H2,1-4H3,(H,23,24);1H. The average molecular weight is 517 g/mol. The Kier molecular flexibility index (Phi) is 10.7. The minimum Gasteiger partial charge on any atom is -0.497 e. The van der Waals surface area contributed by atoms with Crippen LogP contribution < -0.4 is 14.8 Å². The molecule has 0 aliphatic carbocycles. The van der Waals surface area contributed by atoms with Gasteiger partial charge in [0.25, 0.3) is 0 Å². The zero-order chi connectivity index (χ0) is 20.5. The molecule has 2 N–H and O–H groups in total. The molecule has 2 rings (SSSR count). The van der Waals surface area contributed by atoms with Gasteiger partial charge in [0.2, 0.25) is 0 Å². The number of nitrogens with one attached hydrogen (secondary N) is 1. The molecular formula is C21H29FIN3O3. The fourth-order valence-corrected chi connectivity index (χ4v) is 2.73. The van der Waals surface area contributed by atoms with E-state index in [-0.39, 0.29) is 36.3 Å². The zero-order valence-electron chi connectivity index (χ0n) is 17.2. The SMILES string of the molecule is CCNC(=NCC(O)c1ccc(OC)cc1)N(C)Cc1ccc(OC)c(F)c1.I. The first-order valence-corrected chi connectivity index (χ1v) is 9.12. The van der Waals surface area contributed by atoms with Gasteiger partial charge in [0.05, 0.1) is 26.9 Å². The van der Waals surface area contributed by atoms with Crippen molar-refractivity contribution in [2.75, 3.05) is 34.4 Å². The Labute approximate surface area is 188 Å². The molecule has 0 spiro atoms. The van der Waals surface area contributed by atoms with E-state index in [0.717, 1.165) is 16.9 Å². The molecule has 0 aliphatic rings. The molecule has 0 saturated carbocycles. The van der Waals surface area contributed by atoms with Crippen molar-refractivity contribution in [1.82, 2.24) is 10.2 Å². The van der Waals surface area contributed by atoms with E-state index in [9.17, 15) is 9.50 Å². The highest BCUT2D eigenvalue weighted by atomic mass is 127. The van der Waals surface area contributed by atoms with Crippen LogP contribution in [0.1, 0.15) is 24.2 Å². The summed E-state index contributed by atoms with van der Waals surface area (Å²) in [5, 5.41) is 13.6. The highest BCUT2D eigenvalue weighted by molar-refractivity contribution is 14.0. The van der Waals surface area contributed by atoms with Crippen molar-refractivity contribution < 1.29 is 19.0 Å². The molecule has 2 aromatic carbocycles. The number of hydrogen-bond acceptors (Lipinski definition) is 4. The van der Waals surface area contributed by atoms with Crippen LogP contribution >= 0.6 is 24.0 Å². The maximum Gasteiger partial charge on any atom is 0.194 e. The van der Waals surface area contributed by atoms with Crippen LogP contribution in [0.3, 0.4) is 0 Å². The van der Waals surface area contributed by atoms with Crippen molar-refractivity contribution in [3.8, 4) is 11.5 Å². The van der Waals surface area contributed by atoms with E-state index in [2.05, 4.69) is 10.3 Å². The van der Waals surface area contributed by atoms with Gasteiger partial charge < -0.3 is 24.8 Å². The molecule has 0 aromatic heterocycles. The molecule has 8 heteroatoms. The summed E-state index contributed by atoms with van der Waals surface area (Å²) in [6, 6.07) is 12.1. The summed E-state index contributed by atoms with van der Waals surface area (Å²) in [5.74, 6) is 1.19. The van der Waals surface area contributed by atoms with Crippen LogP contribution in [-0.4, -0.2) is 50.3 Å². The Morgan fingerprint density at radius 2 is 1.86 bits per heavy atom. The van der Waals surface area contributed by atoms with Crippen molar-refractivity contribution in [1.29, 1.82) is 0 Å². The fourth-order valence-electron chi connectivity index (χ4n) is 2.73. The Balaban J connectivity index is 0.00000420. The van der Waals surface area contributed by atoms with Gasteiger partial charge >= 0.3 is 0 Å². The zero-order valence-corrected chi connectivity index (χ0v) is 19.5. The lowest BCUT2D eigenvalue weighted by Gasteiger charge is -2.23.